The lowest BCUT2D eigenvalue weighted by Crippen LogP contribution is -2.36. The highest BCUT2D eigenvalue weighted by Crippen LogP contribution is 2.30. The van der Waals surface area contributed by atoms with Gasteiger partial charge in [-0.15, -0.1) is 0 Å². The van der Waals surface area contributed by atoms with Crippen molar-refractivity contribution in [3.8, 4) is 5.75 Å². The van der Waals surface area contributed by atoms with E-state index in [4.69, 9.17) is 4.74 Å². The smallest absolute Gasteiger partial charge is 0.251 e. The maximum atomic E-state index is 11.8. The van der Waals surface area contributed by atoms with Gasteiger partial charge >= 0.3 is 0 Å². The summed E-state index contributed by atoms with van der Waals surface area (Å²) in [7, 11) is 1.75. The third kappa shape index (κ3) is 6.52. The van der Waals surface area contributed by atoms with E-state index in [1.165, 1.54) is 12.8 Å². The Bertz CT molecular complexity index is 829. The molecule has 2 aromatic rings. The Balaban J connectivity index is 1.49. The van der Waals surface area contributed by atoms with Crippen molar-refractivity contribution in [2.24, 2.45) is 10.9 Å². The van der Waals surface area contributed by atoms with E-state index < -0.39 is 0 Å². The van der Waals surface area contributed by atoms with E-state index in [1.807, 2.05) is 49.4 Å². The van der Waals surface area contributed by atoms with Crippen molar-refractivity contribution >= 4 is 11.9 Å². The van der Waals surface area contributed by atoms with Crippen LogP contribution >= 0.6 is 0 Å². The molecule has 29 heavy (non-hydrogen) atoms. The fraction of sp³-hybridized carbons (Fsp3) is 0.391. The second kappa shape index (κ2) is 10.5. The van der Waals surface area contributed by atoms with Crippen LogP contribution in [-0.2, 0) is 13.1 Å². The molecule has 0 unspecified atom stereocenters. The summed E-state index contributed by atoms with van der Waals surface area (Å²) in [6.45, 7) is 4.59. The molecular formula is C23H30N4O2. The van der Waals surface area contributed by atoms with Gasteiger partial charge in [-0.05, 0) is 49.4 Å². The van der Waals surface area contributed by atoms with Crippen LogP contribution in [0, 0.1) is 5.92 Å². The summed E-state index contributed by atoms with van der Waals surface area (Å²) in [5.41, 5.74) is 2.86. The van der Waals surface area contributed by atoms with E-state index in [9.17, 15) is 4.79 Å². The van der Waals surface area contributed by atoms with Crippen molar-refractivity contribution in [2.45, 2.75) is 32.9 Å². The lowest BCUT2D eigenvalue weighted by Gasteiger charge is -2.15. The van der Waals surface area contributed by atoms with Crippen molar-refractivity contribution in [1.29, 1.82) is 0 Å². The van der Waals surface area contributed by atoms with E-state index in [0.717, 1.165) is 35.4 Å². The van der Waals surface area contributed by atoms with Crippen LogP contribution in [0.1, 0.15) is 41.3 Å². The lowest BCUT2D eigenvalue weighted by molar-refractivity contribution is 0.0956. The summed E-state index contributed by atoms with van der Waals surface area (Å²) in [6.07, 6.45) is 2.56. The van der Waals surface area contributed by atoms with Gasteiger partial charge < -0.3 is 20.7 Å². The predicted octanol–water partition coefficient (Wildman–Crippen LogP) is 3.09. The van der Waals surface area contributed by atoms with Gasteiger partial charge in [-0.1, -0.05) is 30.3 Å². The van der Waals surface area contributed by atoms with Gasteiger partial charge in [-0.25, -0.2) is 0 Å². The average Bonchev–Trinajstić information content (AvgIpc) is 3.58. The molecule has 0 aliphatic heterocycles. The van der Waals surface area contributed by atoms with E-state index >= 15 is 0 Å². The summed E-state index contributed by atoms with van der Waals surface area (Å²) in [4.78, 5) is 16.1. The highest BCUT2D eigenvalue weighted by molar-refractivity contribution is 5.94. The number of benzene rings is 2. The summed E-state index contributed by atoms with van der Waals surface area (Å²) in [5, 5.41) is 9.45. The van der Waals surface area contributed by atoms with E-state index in [0.29, 0.717) is 25.2 Å². The monoisotopic (exact) mass is 394 g/mol. The van der Waals surface area contributed by atoms with Crippen molar-refractivity contribution in [1.82, 2.24) is 16.0 Å². The third-order valence-corrected chi connectivity index (χ3v) is 4.83. The number of guanidine groups is 1. The van der Waals surface area contributed by atoms with Crippen molar-refractivity contribution in [2.75, 3.05) is 20.2 Å². The number of hydrogen-bond donors (Lipinski definition) is 3. The lowest BCUT2D eigenvalue weighted by atomic mass is 10.1. The Hall–Kier alpha value is -3.02. The number of nitrogens with zero attached hydrogens (tertiary/aromatic N) is 1. The van der Waals surface area contributed by atoms with Crippen LogP contribution in [0.5, 0.6) is 5.75 Å². The molecule has 1 saturated carbocycles. The van der Waals surface area contributed by atoms with Crippen LogP contribution < -0.4 is 20.7 Å². The number of hydrogen-bond acceptors (Lipinski definition) is 3. The number of nitrogens with one attached hydrogen (secondary N) is 3. The normalized spacial score (nSPS) is 13.7. The largest absolute Gasteiger partial charge is 0.493 e. The zero-order valence-electron chi connectivity index (χ0n) is 17.2. The first-order valence-corrected chi connectivity index (χ1v) is 10.2. The van der Waals surface area contributed by atoms with Gasteiger partial charge in [0.05, 0.1) is 6.61 Å². The predicted molar refractivity (Wildman–Crippen MR) is 116 cm³/mol. The minimum Gasteiger partial charge on any atom is -0.493 e. The molecule has 6 heteroatoms. The van der Waals surface area contributed by atoms with Gasteiger partial charge in [0.25, 0.3) is 5.91 Å². The first kappa shape index (κ1) is 20.7. The number of ether oxygens (including phenoxy) is 1. The Kier molecular flexibility index (Phi) is 7.50. The fourth-order valence-corrected chi connectivity index (χ4v) is 2.90. The molecule has 0 radical (unpaired) electrons. The molecule has 1 fully saturated rings. The molecule has 0 atom stereocenters. The first-order chi connectivity index (χ1) is 14.2. The van der Waals surface area contributed by atoms with Crippen LogP contribution in [0.2, 0.25) is 0 Å². The first-order valence-electron chi connectivity index (χ1n) is 10.2. The molecule has 3 N–H and O–H groups in total. The molecule has 1 amide bonds. The zero-order valence-corrected chi connectivity index (χ0v) is 17.2. The zero-order chi connectivity index (χ0) is 20.5. The Morgan fingerprint density at radius 3 is 2.45 bits per heavy atom. The summed E-state index contributed by atoms with van der Waals surface area (Å²) in [6, 6.07) is 15.7. The number of rotatable bonds is 9. The van der Waals surface area contributed by atoms with E-state index in [1.54, 1.807) is 7.05 Å². The van der Waals surface area contributed by atoms with Crippen molar-refractivity contribution in [3.63, 3.8) is 0 Å². The molecule has 0 bridgehead atoms. The van der Waals surface area contributed by atoms with Crippen molar-refractivity contribution < 1.29 is 9.53 Å². The quantitative estimate of drug-likeness (QED) is 0.451. The van der Waals surface area contributed by atoms with Crippen LogP contribution in [0.25, 0.3) is 0 Å². The average molecular weight is 395 g/mol. The molecular weight excluding hydrogens is 364 g/mol. The SMILES string of the molecule is CCNC(=O)c1ccc(CNC(=NC)NCc2ccccc2OCC2CC2)cc1. The molecule has 0 saturated heterocycles. The number of carbonyl (C=O) groups is 1. The van der Waals surface area contributed by atoms with Gasteiger partial charge in [0.15, 0.2) is 5.96 Å². The Morgan fingerprint density at radius 2 is 1.76 bits per heavy atom. The minimum atomic E-state index is -0.0490. The van der Waals surface area contributed by atoms with Crippen molar-refractivity contribution in [3.05, 3.63) is 65.2 Å². The van der Waals surface area contributed by atoms with Gasteiger partial charge in [-0.3, -0.25) is 9.79 Å². The van der Waals surface area contributed by atoms with Gasteiger partial charge in [0, 0.05) is 37.8 Å². The van der Waals surface area contributed by atoms with Gasteiger partial charge in [0.2, 0.25) is 0 Å². The molecule has 1 aliphatic carbocycles. The van der Waals surface area contributed by atoms with Crippen LogP contribution in [0.4, 0.5) is 0 Å². The highest BCUT2D eigenvalue weighted by Gasteiger charge is 2.22. The Labute approximate surface area is 172 Å². The summed E-state index contributed by atoms with van der Waals surface area (Å²) < 4.78 is 5.97. The Morgan fingerprint density at radius 1 is 1.03 bits per heavy atom. The van der Waals surface area contributed by atoms with Gasteiger partial charge in [0.1, 0.15) is 5.75 Å². The molecule has 154 valence electrons. The van der Waals surface area contributed by atoms with Crippen LogP contribution in [0.3, 0.4) is 0 Å². The maximum absolute atomic E-state index is 11.8. The van der Waals surface area contributed by atoms with E-state index in [-0.39, 0.29) is 5.91 Å². The number of para-hydroxylation sites is 1. The molecule has 1 aliphatic rings. The maximum Gasteiger partial charge on any atom is 0.251 e. The molecule has 0 heterocycles. The standard InChI is InChI=1S/C23H30N4O2/c1-3-25-22(28)19-12-10-17(11-13-19)14-26-23(24-2)27-15-20-6-4-5-7-21(20)29-16-18-8-9-18/h4-7,10-13,18H,3,8-9,14-16H2,1-2H3,(H,25,28)(H2,24,26,27). The summed E-state index contributed by atoms with van der Waals surface area (Å²) >= 11 is 0. The molecule has 0 spiro atoms. The summed E-state index contributed by atoms with van der Waals surface area (Å²) in [5.74, 6) is 2.33. The number of amides is 1. The molecule has 0 aromatic heterocycles. The molecule has 2 aromatic carbocycles. The van der Waals surface area contributed by atoms with Gasteiger partial charge in [-0.2, -0.15) is 0 Å². The van der Waals surface area contributed by atoms with Crippen LogP contribution in [0.15, 0.2) is 53.5 Å². The van der Waals surface area contributed by atoms with E-state index in [2.05, 4.69) is 27.0 Å². The number of carbonyl (C=O) groups excluding carboxylic acids is 1. The number of aliphatic imine (C=N–C) groups is 1. The highest BCUT2D eigenvalue weighted by atomic mass is 16.5. The molecule has 6 nitrogen and oxygen atoms in total. The third-order valence-electron chi connectivity index (χ3n) is 4.83. The van der Waals surface area contributed by atoms with Crippen LogP contribution in [-0.4, -0.2) is 32.1 Å². The second-order valence-corrected chi connectivity index (χ2v) is 7.20. The minimum absolute atomic E-state index is 0.0490. The molecule has 3 rings (SSSR count). The topological polar surface area (TPSA) is 74.8 Å². The second-order valence-electron chi connectivity index (χ2n) is 7.20. The fourth-order valence-electron chi connectivity index (χ4n) is 2.90.